The van der Waals surface area contributed by atoms with E-state index in [1.807, 2.05) is 24.3 Å². The predicted molar refractivity (Wildman–Crippen MR) is 94.0 cm³/mol. The van der Waals surface area contributed by atoms with Crippen molar-refractivity contribution >= 4 is 22.5 Å². The molecule has 2 N–H and O–H groups in total. The Morgan fingerprint density at radius 1 is 1.20 bits per heavy atom. The van der Waals surface area contributed by atoms with Crippen molar-refractivity contribution in [3.05, 3.63) is 69.9 Å². The van der Waals surface area contributed by atoms with Crippen LogP contribution in [-0.4, -0.2) is 29.5 Å². The number of ether oxygens (including phenoxy) is 1. The van der Waals surface area contributed by atoms with E-state index in [0.717, 1.165) is 11.3 Å². The van der Waals surface area contributed by atoms with Crippen LogP contribution in [0.2, 0.25) is 0 Å². The van der Waals surface area contributed by atoms with E-state index < -0.39 is 4.92 Å². The Hall–Kier alpha value is -3.35. The lowest BCUT2D eigenvalue weighted by molar-refractivity contribution is -0.384. The van der Waals surface area contributed by atoms with Crippen LogP contribution in [0, 0.1) is 10.1 Å². The van der Waals surface area contributed by atoms with Crippen molar-refractivity contribution in [2.24, 2.45) is 0 Å². The van der Waals surface area contributed by atoms with Gasteiger partial charge >= 0.3 is 0 Å². The average Bonchev–Trinajstić information content (AvgIpc) is 3.05. The summed E-state index contributed by atoms with van der Waals surface area (Å²) in [5, 5.41) is 14.3. The molecule has 7 nitrogen and oxygen atoms in total. The molecule has 0 radical (unpaired) electrons. The fraction of sp³-hybridized carbons (Fsp3) is 0.167. The lowest BCUT2D eigenvalue weighted by Gasteiger charge is -2.05. The van der Waals surface area contributed by atoms with Gasteiger partial charge in [0.05, 0.1) is 12.0 Å². The number of carbonyl (C=O) groups is 1. The minimum Gasteiger partial charge on any atom is -0.497 e. The molecule has 128 valence electrons. The van der Waals surface area contributed by atoms with Crippen LogP contribution in [0.25, 0.3) is 10.9 Å². The van der Waals surface area contributed by atoms with Gasteiger partial charge in [-0.05, 0) is 36.2 Å². The fourth-order valence-electron chi connectivity index (χ4n) is 2.56. The van der Waals surface area contributed by atoms with Gasteiger partial charge in [-0.1, -0.05) is 12.1 Å². The van der Waals surface area contributed by atoms with Crippen molar-refractivity contribution in [1.82, 2.24) is 10.3 Å². The number of nitrogens with zero attached hydrogens (tertiary/aromatic N) is 1. The van der Waals surface area contributed by atoms with Gasteiger partial charge in [-0.15, -0.1) is 0 Å². The van der Waals surface area contributed by atoms with Crippen LogP contribution in [0.3, 0.4) is 0 Å². The molecule has 0 fully saturated rings. The minimum atomic E-state index is -0.457. The summed E-state index contributed by atoms with van der Waals surface area (Å²) in [6.45, 7) is 0.487. The van der Waals surface area contributed by atoms with Crippen molar-refractivity contribution in [3.8, 4) is 5.75 Å². The second kappa shape index (κ2) is 7.04. The average molecular weight is 339 g/mol. The van der Waals surface area contributed by atoms with E-state index in [-0.39, 0.29) is 11.6 Å². The molecule has 2 aromatic carbocycles. The molecule has 1 amide bonds. The molecule has 0 aliphatic heterocycles. The second-order valence-electron chi connectivity index (χ2n) is 5.57. The molecule has 0 spiro atoms. The van der Waals surface area contributed by atoms with Gasteiger partial charge in [-0.2, -0.15) is 0 Å². The van der Waals surface area contributed by atoms with Gasteiger partial charge in [0.1, 0.15) is 11.4 Å². The summed E-state index contributed by atoms with van der Waals surface area (Å²) in [7, 11) is 1.62. The molecule has 0 aliphatic carbocycles. The summed E-state index contributed by atoms with van der Waals surface area (Å²) in [6, 6.07) is 13.7. The van der Waals surface area contributed by atoms with E-state index in [9.17, 15) is 14.9 Å². The summed E-state index contributed by atoms with van der Waals surface area (Å²) >= 11 is 0. The number of hydrogen-bond acceptors (Lipinski definition) is 4. The van der Waals surface area contributed by atoms with E-state index in [0.29, 0.717) is 29.6 Å². The van der Waals surface area contributed by atoms with Gasteiger partial charge < -0.3 is 15.0 Å². The number of non-ortho nitro benzene ring substituents is 1. The van der Waals surface area contributed by atoms with Crippen molar-refractivity contribution in [2.75, 3.05) is 13.7 Å². The topological polar surface area (TPSA) is 97.3 Å². The maximum atomic E-state index is 12.2. The Labute approximate surface area is 143 Å². The summed E-state index contributed by atoms with van der Waals surface area (Å²) in [5.74, 6) is 0.548. The molecule has 0 saturated heterocycles. The van der Waals surface area contributed by atoms with Crippen molar-refractivity contribution in [1.29, 1.82) is 0 Å². The molecule has 25 heavy (non-hydrogen) atoms. The van der Waals surface area contributed by atoms with E-state index in [1.165, 1.54) is 12.1 Å². The highest BCUT2D eigenvalue weighted by Crippen LogP contribution is 2.21. The molecule has 0 aliphatic rings. The van der Waals surface area contributed by atoms with Gasteiger partial charge in [0, 0.05) is 29.6 Å². The SMILES string of the molecule is COc1ccc(CCNC(=O)c2cc3cc([N+](=O)[O-])ccc3[nH]2)cc1. The number of nitrogens with one attached hydrogen (secondary N) is 2. The Bertz CT molecular complexity index is 916. The summed E-state index contributed by atoms with van der Waals surface area (Å²) in [6.07, 6.45) is 0.696. The molecule has 0 atom stereocenters. The Morgan fingerprint density at radius 2 is 1.96 bits per heavy atom. The predicted octanol–water partition coefficient (Wildman–Crippen LogP) is 3.06. The number of aromatic nitrogens is 1. The lowest BCUT2D eigenvalue weighted by Crippen LogP contribution is -2.25. The molecule has 1 aromatic heterocycles. The zero-order valence-corrected chi connectivity index (χ0v) is 13.6. The number of fused-ring (bicyclic) bond motifs is 1. The van der Waals surface area contributed by atoms with Crippen LogP contribution < -0.4 is 10.1 Å². The Balaban J connectivity index is 1.62. The Morgan fingerprint density at radius 3 is 2.64 bits per heavy atom. The van der Waals surface area contributed by atoms with E-state index in [4.69, 9.17) is 4.74 Å². The first-order chi connectivity index (χ1) is 12.1. The maximum Gasteiger partial charge on any atom is 0.270 e. The highest BCUT2D eigenvalue weighted by Gasteiger charge is 2.12. The summed E-state index contributed by atoms with van der Waals surface area (Å²) in [4.78, 5) is 25.6. The Kier molecular flexibility index (Phi) is 4.65. The lowest BCUT2D eigenvalue weighted by atomic mass is 10.1. The third-order valence-electron chi connectivity index (χ3n) is 3.92. The van der Waals surface area contributed by atoms with E-state index in [2.05, 4.69) is 10.3 Å². The van der Waals surface area contributed by atoms with Gasteiger partial charge in [-0.3, -0.25) is 14.9 Å². The van der Waals surface area contributed by atoms with Gasteiger partial charge in [0.15, 0.2) is 0 Å². The van der Waals surface area contributed by atoms with Crippen molar-refractivity contribution in [2.45, 2.75) is 6.42 Å². The molecular formula is C18H17N3O4. The number of amides is 1. The molecule has 0 unspecified atom stereocenters. The van der Waals surface area contributed by atoms with Crippen LogP contribution in [-0.2, 0) is 6.42 Å². The third-order valence-corrected chi connectivity index (χ3v) is 3.92. The molecule has 1 heterocycles. The molecule has 3 aromatic rings. The van der Waals surface area contributed by atoms with Crippen LogP contribution >= 0.6 is 0 Å². The molecule has 0 saturated carbocycles. The first-order valence-corrected chi connectivity index (χ1v) is 7.75. The third kappa shape index (κ3) is 3.77. The second-order valence-corrected chi connectivity index (χ2v) is 5.57. The highest BCUT2D eigenvalue weighted by atomic mass is 16.6. The van der Waals surface area contributed by atoms with Crippen LogP contribution in [0.5, 0.6) is 5.75 Å². The number of methoxy groups -OCH3 is 1. The number of hydrogen-bond donors (Lipinski definition) is 2. The van der Waals surface area contributed by atoms with E-state index in [1.54, 1.807) is 19.2 Å². The maximum absolute atomic E-state index is 12.2. The number of rotatable bonds is 6. The van der Waals surface area contributed by atoms with Crippen LogP contribution in [0.1, 0.15) is 16.1 Å². The van der Waals surface area contributed by atoms with E-state index >= 15 is 0 Å². The largest absolute Gasteiger partial charge is 0.497 e. The summed E-state index contributed by atoms with van der Waals surface area (Å²) < 4.78 is 5.11. The smallest absolute Gasteiger partial charge is 0.270 e. The normalized spacial score (nSPS) is 10.6. The number of aromatic amines is 1. The number of nitro benzene ring substituents is 1. The molecule has 7 heteroatoms. The van der Waals surface area contributed by atoms with Crippen molar-refractivity contribution in [3.63, 3.8) is 0 Å². The van der Waals surface area contributed by atoms with Gasteiger partial charge in [0.2, 0.25) is 0 Å². The van der Waals surface area contributed by atoms with Crippen LogP contribution in [0.15, 0.2) is 48.5 Å². The highest BCUT2D eigenvalue weighted by molar-refractivity contribution is 5.98. The zero-order valence-electron chi connectivity index (χ0n) is 13.6. The fourth-order valence-corrected chi connectivity index (χ4v) is 2.56. The first kappa shape index (κ1) is 16.5. The monoisotopic (exact) mass is 339 g/mol. The number of benzene rings is 2. The molecular weight excluding hydrogens is 322 g/mol. The van der Waals surface area contributed by atoms with Gasteiger partial charge in [-0.25, -0.2) is 0 Å². The number of nitro groups is 1. The number of H-pyrrole nitrogens is 1. The zero-order chi connectivity index (χ0) is 17.8. The van der Waals surface area contributed by atoms with Gasteiger partial charge in [0.25, 0.3) is 11.6 Å². The van der Waals surface area contributed by atoms with Crippen LogP contribution in [0.4, 0.5) is 5.69 Å². The minimum absolute atomic E-state index is 0.00189. The first-order valence-electron chi connectivity index (χ1n) is 7.75. The van der Waals surface area contributed by atoms with Crippen molar-refractivity contribution < 1.29 is 14.5 Å². The standard InChI is InChI=1S/C18H17N3O4/c1-25-15-5-2-12(3-6-15)8-9-19-18(22)17-11-13-10-14(21(23)24)4-7-16(13)20-17/h2-7,10-11,20H,8-9H2,1H3,(H,19,22). The molecule has 0 bridgehead atoms. The quantitative estimate of drug-likeness (QED) is 0.533. The number of carbonyl (C=O) groups excluding carboxylic acids is 1. The summed E-state index contributed by atoms with van der Waals surface area (Å²) in [5.41, 5.74) is 2.16. The molecule has 3 rings (SSSR count).